The van der Waals surface area contributed by atoms with Gasteiger partial charge in [0.2, 0.25) is 10.0 Å². The number of hydrogen-bond donors (Lipinski definition) is 4. The molecule has 0 aliphatic carbocycles. The molecule has 4 N–H and O–H groups in total. The Morgan fingerprint density at radius 2 is 1.59 bits per heavy atom. The predicted octanol–water partition coefficient (Wildman–Crippen LogP) is 1.62. The van der Waals surface area contributed by atoms with Gasteiger partial charge in [0.05, 0.1) is 15.9 Å². The lowest BCUT2D eigenvalue weighted by Crippen LogP contribution is -2.49. The molecule has 1 aromatic heterocycles. The van der Waals surface area contributed by atoms with E-state index in [0.717, 1.165) is 5.56 Å². The Balaban J connectivity index is 1.75. The fourth-order valence-electron chi connectivity index (χ4n) is 3.08. The largest absolute Gasteiger partial charge is 0.316 e. The summed E-state index contributed by atoms with van der Waals surface area (Å²) in [5.41, 5.74) is -0.429. The first kappa shape index (κ1) is 21.0. The maximum atomic E-state index is 12.7. The third-order valence-electron chi connectivity index (χ3n) is 4.61. The summed E-state index contributed by atoms with van der Waals surface area (Å²) in [6.07, 6.45) is 0. The molecule has 9 heteroatoms. The van der Waals surface area contributed by atoms with Crippen molar-refractivity contribution in [3.05, 3.63) is 74.8 Å². The maximum Gasteiger partial charge on any atom is 0.314 e. The molecule has 0 amide bonds. The molecule has 1 atom stereocenters. The van der Waals surface area contributed by atoms with Crippen molar-refractivity contribution in [1.82, 2.24) is 20.0 Å². The summed E-state index contributed by atoms with van der Waals surface area (Å²) in [7, 11) is -3.81. The van der Waals surface area contributed by atoms with Crippen LogP contribution < -0.4 is 21.2 Å². The van der Waals surface area contributed by atoms with E-state index in [1.54, 1.807) is 0 Å². The number of benzene rings is 2. The molecule has 154 valence electrons. The number of rotatable bonds is 7. The fourth-order valence-corrected chi connectivity index (χ4v) is 4.32. The standard InChI is InChI=1S/C20H24N4O4S/c1-13(14-7-5-4-6-8-14)24-20(2,3)12-21-29(27,28)15-9-10-16-17(11-15)23-19(26)18(25)22-16/h4-11,13,21,24H,12H2,1-3H3,(H,22,25)(H,23,26). The van der Waals surface area contributed by atoms with E-state index < -0.39 is 26.7 Å². The summed E-state index contributed by atoms with van der Waals surface area (Å²) in [6, 6.07) is 14.1. The van der Waals surface area contributed by atoms with Crippen molar-refractivity contribution in [2.45, 2.75) is 37.2 Å². The average Bonchev–Trinajstić information content (AvgIpc) is 2.67. The van der Waals surface area contributed by atoms with Gasteiger partial charge in [0.1, 0.15) is 0 Å². The molecule has 0 radical (unpaired) electrons. The predicted molar refractivity (Wildman–Crippen MR) is 112 cm³/mol. The molecule has 3 rings (SSSR count). The third kappa shape index (κ3) is 5.00. The Labute approximate surface area is 168 Å². The lowest BCUT2D eigenvalue weighted by atomic mass is 10.0. The van der Waals surface area contributed by atoms with E-state index in [2.05, 4.69) is 20.0 Å². The van der Waals surface area contributed by atoms with Crippen molar-refractivity contribution in [2.24, 2.45) is 0 Å². The SMILES string of the molecule is CC(NC(C)(C)CNS(=O)(=O)c1ccc2[nH]c(=O)c(=O)[nH]c2c1)c1ccccc1. The summed E-state index contributed by atoms with van der Waals surface area (Å²) in [6.45, 7) is 6.01. The minimum absolute atomic E-state index is 0.000364. The van der Waals surface area contributed by atoms with Gasteiger partial charge in [-0.25, -0.2) is 13.1 Å². The van der Waals surface area contributed by atoms with Crippen molar-refractivity contribution in [3.63, 3.8) is 0 Å². The second kappa shape index (κ2) is 7.94. The van der Waals surface area contributed by atoms with Crippen LogP contribution in [-0.4, -0.2) is 30.5 Å². The monoisotopic (exact) mass is 416 g/mol. The molecule has 0 bridgehead atoms. The van der Waals surface area contributed by atoms with Crippen LogP contribution in [0.3, 0.4) is 0 Å². The minimum atomic E-state index is -3.81. The second-order valence-electron chi connectivity index (χ2n) is 7.60. The van der Waals surface area contributed by atoms with E-state index >= 15 is 0 Å². The number of aromatic amines is 2. The van der Waals surface area contributed by atoms with Crippen LogP contribution in [0.1, 0.15) is 32.4 Å². The lowest BCUT2D eigenvalue weighted by molar-refractivity contribution is 0.346. The zero-order valence-corrected chi connectivity index (χ0v) is 17.3. The molecule has 1 unspecified atom stereocenters. The highest BCUT2D eigenvalue weighted by molar-refractivity contribution is 7.89. The van der Waals surface area contributed by atoms with E-state index in [-0.39, 0.29) is 23.0 Å². The van der Waals surface area contributed by atoms with E-state index in [4.69, 9.17) is 0 Å². The lowest BCUT2D eigenvalue weighted by Gasteiger charge is -2.30. The molecule has 0 aliphatic heterocycles. The Morgan fingerprint density at radius 1 is 0.966 bits per heavy atom. The molecule has 0 fully saturated rings. The Morgan fingerprint density at radius 3 is 2.24 bits per heavy atom. The summed E-state index contributed by atoms with van der Waals surface area (Å²) in [4.78, 5) is 27.7. The highest BCUT2D eigenvalue weighted by Gasteiger charge is 2.24. The molecule has 3 aromatic rings. The fraction of sp³-hybridized carbons (Fsp3) is 0.300. The first-order valence-electron chi connectivity index (χ1n) is 9.16. The molecule has 2 aromatic carbocycles. The van der Waals surface area contributed by atoms with Gasteiger partial charge in [0.15, 0.2) is 0 Å². The van der Waals surface area contributed by atoms with Gasteiger partial charge in [0.25, 0.3) is 0 Å². The van der Waals surface area contributed by atoms with E-state index in [1.807, 2.05) is 51.1 Å². The van der Waals surface area contributed by atoms with Gasteiger partial charge in [-0.15, -0.1) is 0 Å². The molecule has 0 saturated heterocycles. The van der Waals surface area contributed by atoms with Gasteiger partial charge in [-0.1, -0.05) is 30.3 Å². The highest BCUT2D eigenvalue weighted by atomic mass is 32.2. The smallest absolute Gasteiger partial charge is 0.314 e. The Bertz CT molecular complexity index is 1230. The molecule has 1 heterocycles. The van der Waals surface area contributed by atoms with Crippen LogP contribution in [0.4, 0.5) is 0 Å². The van der Waals surface area contributed by atoms with Gasteiger partial charge in [-0.05, 0) is 44.5 Å². The van der Waals surface area contributed by atoms with Gasteiger partial charge < -0.3 is 15.3 Å². The molecule has 0 saturated carbocycles. The summed E-state index contributed by atoms with van der Waals surface area (Å²) >= 11 is 0. The van der Waals surface area contributed by atoms with Gasteiger partial charge in [0, 0.05) is 18.1 Å². The number of aromatic nitrogens is 2. The van der Waals surface area contributed by atoms with Crippen LogP contribution in [0.5, 0.6) is 0 Å². The van der Waals surface area contributed by atoms with E-state index in [1.165, 1.54) is 18.2 Å². The van der Waals surface area contributed by atoms with Gasteiger partial charge in [-0.2, -0.15) is 0 Å². The van der Waals surface area contributed by atoms with Gasteiger partial charge >= 0.3 is 11.1 Å². The first-order valence-corrected chi connectivity index (χ1v) is 10.6. The molecule has 0 aliphatic rings. The van der Waals surface area contributed by atoms with E-state index in [9.17, 15) is 18.0 Å². The average molecular weight is 417 g/mol. The molecular formula is C20H24N4O4S. The third-order valence-corrected chi connectivity index (χ3v) is 6.01. The van der Waals surface area contributed by atoms with Crippen molar-refractivity contribution in [1.29, 1.82) is 0 Å². The Kier molecular flexibility index (Phi) is 5.74. The minimum Gasteiger partial charge on any atom is -0.316 e. The number of fused-ring (bicyclic) bond motifs is 1. The molecule has 0 spiro atoms. The zero-order valence-electron chi connectivity index (χ0n) is 16.4. The molecule has 29 heavy (non-hydrogen) atoms. The maximum absolute atomic E-state index is 12.7. The van der Waals surface area contributed by atoms with Crippen molar-refractivity contribution < 1.29 is 8.42 Å². The molecule has 8 nitrogen and oxygen atoms in total. The number of nitrogens with one attached hydrogen (secondary N) is 4. The Hall–Kier alpha value is -2.75. The van der Waals surface area contributed by atoms with Crippen LogP contribution in [0, 0.1) is 0 Å². The van der Waals surface area contributed by atoms with Gasteiger partial charge in [-0.3, -0.25) is 9.59 Å². The summed E-state index contributed by atoms with van der Waals surface area (Å²) in [5.74, 6) is 0. The van der Waals surface area contributed by atoms with Crippen LogP contribution in [0.15, 0.2) is 63.0 Å². The summed E-state index contributed by atoms with van der Waals surface area (Å²) < 4.78 is 28.1. The molecular weight excluding hydrogens is 392 g/mol. The second-order valence-corrected chi connectivity index (χ2v) is 9.37. The topological polar surface area (TPSA) is 124 Å². The van der Waals surface area contributed by atoms with Crippen LogP contribution in [-0.2, 0) is 10.0 Å². The van der Waals surface area contributed by atoms with Crippen LogP contribution in [0.2, 0.25) is 0 Å². The van der Waals surface area contributed by atoms with Crippen LogP contribution in [0.25, 0.3) is 11.0 Å². The summed E-state index contributed by atoms with van der Waals surface area (Å²) in [5, 5.41) is 3.43. The van der Waals surface area contributed by atoms with Crippen LogP contribution >= 0.6 is 0 Å². The van der Waals surface area contributed by atoms with Crippen molar-refractivity contribution in [2.75, 3.05) is 6.54 Å². The van der Waals surface area contributed by atoms with Crippen molar-refractivity contribution in [3.8, 4) is 0 Å². The van der Waals surface area contributed by atoms with Crippen molar-refractivity contribution >= 4 is 21.1 Å². The quantitative estimate of drug-likeness (QED) is 0.436. The first-order chi connectivity index (χ1) is 13.6. The zero-order chi connectivity index (χ0) is 21.2. The number of sulfonamides is 1. The van der Waals surface area contributed by atoms with E-state index in [0.29, 0.717) is 5.52 Å². The number of hydrogen-bond acceptors (Lipinski definition) is 5. The number of H-pyrrole nitrogens is 2. The normalized spacial score (nSPS) is 13.5. The highest BCUT2D eigenvalue weighted by Crippen LogP contribution is 2.18.